The highest BCUT2D eigenvalue weighted by atomic mass is 32.2. The molecule has 108 valence electrons. The maximum Gasteiger partial charge on any atom is 0.208 e. The van der Waals surface area contributed by atoms with Gasteiger partial charge in [-0.3, -0.25) is 0 Å². The topological polar surface area (TPSA) is 64.3 Å². The van der Waals surface area contributed by atoms with Crippen LogP contribution in [0.25, 0.3) is 0 Å². The van der Waals surface area contributed by atoms with Gasteiger partial charge in [-0.2, -0.15) is 0 Å². The van der Waals surface area contributed by atoms with Crippen LogP contribution in [0.4, 0.5) is 10.8 Å². The number of nitrogen functional groups attached to an aromatic ring is 1. The van der Waals surface area contributed by atoms with E-state index in [0.717, 1.165) is 32.2 Å². The van der Waals surface area contributed by atoms with Gasteiger partial charge in [0.05, 0.1) is 6.61 Å². The number of nitrogens with zero attached hydrogens (tertiary/aromatic N) is 3. The first-order valence-electron chi connectivity index (χ1n) is 6.25. The molecule has 7 heteroatoms. The van der Waals surface area contributed by atoms with Gasteiger partial charge in [-0.1, -0.05) is 23.1 Å². The molecule has 0 aliphatic carbocycles. The molecule has 1 aromatic carbocycles. The number of benzene rings is 1. The zero-order chi connectivity index (χ0) is 14.5. The van der Waals surface area contributed by atoms with E-state index in [0.29, 0.717) is 6.61 Å². The third kappa shape index (κ3) is 3.77. The third-order valence-corrected chi connectivity index (χ3v) is 4.79. The molecule has 0 saturated heterocycles. The number of anilines is 2. The first-order chi connectivity index (χ1) is 9.60. The van der Waals surface area contributed by atoms with Crippen LogP contribution in [0.2, 0.25) is 0 Å². The van der Waals surface area contributed by atoms with Crippen LogP contribution in [-0.4, -0.2) is 30.9 Å². The number of hydrogen-bond acceptors (Lipinski definition) is 7. The van der Waals surface area contributed by atoms with Crippen molar-refractivity contribution >= 4 is 33.9 Å². The van der Waals surface area contributed by atoms with Crippen molar-refractivity contribution in [2.24, 2.45) is 0 Å². The second kappa shape index (κ2) is 6.81. The Labute approximate surface area is 127 Å². The van der Waals surface area contributed by atoms with Crippen molar-refractivity contribution < 1.29 is 4.74 Å². The zero-order valence-corrected chi connectivity index (χ0v) is 13.4. The Morgan fingerprint density at radius 2 is 2.15 bits per heavy atom. The summed E-state index contributed by atoms with van der Waals surface area (Å²) in [6, 6.07) is 5.72. The zero-order valence-electron chi connectivity index (χ0n) is 11.8. The molecule has 2 N–H and O–H groups in total. The number of rotatable bonds is 6. The van der Waals surface area contributed by atoms with E-state index in [1.165, 1.54) is 0 Å². The van der Waals surface area contributed by atoms with E-state index < -0.39 is 0 Å². The van der Waals surface area contributed by atoms with Crippen molar-refractivity contribution in [3.8, 4) is 5.75 Å². The lowest BCUT2D eigenvalue weighted by Crippen LogP contribution is -2.07. The predicted octanol–water partition coefficient (Wildman–Crippen LogP) is 2.88. The van der Waals surface area contributed by atoms with Gasteiger partial charge in [0.1, 0.15) is 5.75 Å². The molecule has 20 heavy (non-hydrogen) atoms. The number of ether oxygens (including phenoxy) is 1. The second-order valence-electron chi connectivity index (χ2n) is 4.33. The summed E-state index contributed by atoms with van der Waals surface area (Å²) in [6.07, 6.45) is 0. The van der Waals surface area contributed by atoms with E-state index in [2.05, 4.69) is 10.2 Å². The van der Waals surface area contributed by atoms with Crippen molar-refractivity contribution in [3.05, 3.63) is 23.8 Å². The molecule has 0 atom stereocenters. The Morgan fingerprint density at radius 1 is 1.35 bits per heavy atom. The first kappa shape index (κ1) is 14.9. The van der Waals surface area contributed by atoms with Gasteiger partial charge in [0.15, 0.2) is 4.34 Å². The molecule has 2 aromatic rings. The van der Waals surface area contributed by atoms with Crippen LogP contribution in [-0.2, 0) is 5.75 Å². The molecule has 0 aliphatic rings. The molecule has 0 aliphatic heterocycles. The average Bonchev–Trinajstić information content (AvgIpc) is 2.88. The fraction of sp³-hybridized carbons (Fsp3) is 0.385. The van der Waals surface area contributed by atoms with Gasteiger partial charge in [-0.15, -0.1) is 10.2 Å². The smallest absolute Gasteiger partial charge is 0.208 e. The summed E-state index contributed by atoms with van der Waals surface area (Å²) < 4.78 is 6.56. The molecule has 0 radical (unpaired) electrons. The van der Waals surface area contributed by atoms with E-state index in [1.54, 1.807) is 23.1 Å². The molecule has 1 heterocycles. The standard InChI is InChI=1S/C13H18N4OS2/c1-4-18-11-6-5-10(14)7-9(11)8-19-13-16-15-12(20-13)17(2)3/h5-7H,4,8,14H2,1-3H3. The van der Waals surface area contributed by atoms with Gasteiger partial charge in [0.2, 0.25) is 5.13 Å². The summed E-state index contributed by atoms with van der Waals surface area (Å²) in [5.41, 5.74) is 7.67. The number of nitrogens with two attached hydrogens (primary N) is 1. The lowest BCUT2D eigenvalue weighted by molar-refractivity contribution is 0.337. The summed E-state index contributed by atoms with van der Waals surface area (Å²) in [6.45, 7) is 2.62. The Morgan fingerprint density at radius 3 is 2.80 bits per heavy atom. The summed E-state index contributed by atoms with van der Waals surface area (Å²) in [4.78, 5) is 1.95. The molecular formula is C13H18N4OS2. The van der Waals surface area contributed by atoms with Gasteiger partial charge < -0.3 is 15.4 Å². The van der Waals surface area contributed by atoms with Crippen LogP contribution in [0, 0.1) is 0 Å². The average molecular weight is 310 g/mol. The minimum atomic E-state index is 0.644. The predicted molar refractivity (Wildman–Crippen MR) is 85.8 cm³/mol. The second-order valence-corrected chi connectivity index (χ2v) is 6.51. The molecule has 1 aromatic heterocycles. The van der Waals surface area contributed by atoms with Crippen molar-refractivity contribution in [3.63, 3.8) is 0 Å². The number of hydrogen-bond donors (Lipinski definition) is 1. The normalized spacial score (nSPS) is 10.6. The Kier molecular flexibility index (Phi) is 5.08. The fourth-order valence-electron chi connectivity index (χ4n) is 1.59. The van der Waals surface area contributed by atoms with Crippen molar-refractivity contribution in [2.75, 3.05) is 31.3 Å². The van der Waals surface area contributed by atoms with Crippen LogP contribution in [0.3, 0.4) is 0 Å². The van der Waals surface area contributed by atoms with Crippen LogP contribution in [0.15, 0.2) is 22.5 Å². The van der Waals surface area contributed by atoms with Gasteiger partial charge in [-0.25, -0.2) is 0 Å². The van der Waals surface area contributed by atoms with Crippen LogP contribution in [0.5, 0.6) is 5.75 Å². The highest BCUT2D eigenvalue weighted by Gasteiger charge is 2.09. The summed E-state index contributed by atoms with van der Waals surface area (Å²) in [7, 11) is 3.92. The molecule has 2 rings (SSSR count). The van der Waals surface area contributed by atoms with Gasteiger partial charge in [0, 0.05) is 31.1 Å². The molecule has 0 unspecified atom stereocenters. The molecule has 0 fully saturated rings. The largest absolute Gasteiger partial charge is 0.494 e. The summed E-state index contributed by atoms with van der Waals surface area (Å²) in [5, 5.41) is 9.20. The summed E-state index contributed by atoms with van der Waals surface area (Å²) in [5.74, 6) is 1.65. The molecular weight excluding hydrogens is 292 g/mol. The Hall–Kier alpha value is -1.47. The van der Waals surface area contributed by atoms with Crippen molar-refractivity contribution in [1.82, 2.24) is 10.2 Å². The highest BCUT2D eigenvalue weighted by molar-refractivity contribution is 8.00. The van der Waals surface area contributed by atoms with Gasteiger partial charge in [0.25, 0.3) is 0 Å². The minimum Gasteiger partial charge on any atom is -0.494 e. The summed E-state index contributed by atoms with van der Waals surface area (Å²) >= 11 is 3.22. The molecule has 5 nitrogen and oxygen atoms in total. The van der Waals surface area contributed by atoms with Gasteiger partial charge >= 0.3 is 0 Å². The lowest BCUT2D eigenvalue weighted by atomic mass is 10.2. The van der Waals surface area contributed by atoms with Crippen LogP contribution < -0.4 is 15.4 Å². The number of thioether (sulfide) groups is 1. The van der Waals surface area contributed by atoms with Crippen LogP contribution in [0.1, 0.15) is 12.5 Å². The fourth-order valence-corrected chi connectivity index (χ4v) is 3.33. The maximum absolute atomic E-state index is 5.84. The highest BCUT2D eigenvalue weighted by Crippen LogP contribution is 2.32. The third-order valence-electron chi connectivity index (χ3n) is 2.51. The molecule has 0 spiro atoms. The van der Waals surface area contributed by atoms with Crippen LogP contribution >= 0.6 is 23.1 Å². The quantitative estimate of drug-likeness (QED) is 0.654. The monoisotopic (exact) mass is 310 g/mol. The van der Waals surface area contributed by atoms with E-state index in [1.807, 2.05) is 44.1 Å². The number of aromatic nitrogens is 2. The van der Waals surface area contributed by atoms with E-state index in [4.69, 9.17) is 10.5 Å². The van der Waals surface area contributed by atoms with Crippen molar-refractivity contribution in [2.45, 2.75) is 17.0 Å². The van der Waals surface area contributed by atoms with Crippen molar-refractivity contribution in [1.29, 1.82) is 0 Å². The van der Waals surface area contributed by atoms with E-state index >= 15 is 0 Å². The minimum absolute atomic E-state index is 0.644. The van der Waals surface area contributed by atoms with E-state index in [9.17, 15) is 0 Å². The first-order valence-corrected chi connectivity index (χ1v) is 8.05. The molecule has 0 amide bonds. The lowest BCUT2D eigenvalue weighted by Gasteiger charge is -2.10. The van der Waals surface area contributed by atoms with Gasteiger partial charge in [-0.05, 0) is 25.1 Å². The van der Waals surface area contributed by atoms with E-state index in [-0.39, 0.29) is 0 Å². The Balaban J connectivity index is 2.07. The molecule has 0 saturated carbocycles. The maximum atomic E-state index is 5.84. The molecule has 0 bridgehead atoms. The SMILES string of the molecule is CCOc1ccc(N)cc1CSc1nnc(N(C)C)s1. The Bertz CT molecular complexity index is 571.